The molecule has 0 aliphatic heterocycles. The van der Waals surface area contributed by atoms with Crippen LogP contribution >= 0.6 is 15.9 Å². The van der Waals surface area contributed by atoms with E-state index in [1.807, 2.05) is 12.3 Å². The number of nitrogens with zero attached hydrogens (tertiary/aromatic N) is 1. The van der Waals surface area contributed by atoms with E-state index < -0.39 is 0 Å². The molecule has 0 spiro atoms. The Hall–Kier alpha value is -0.370. The maximum Gasteiger partial charge on any atom is 0.0406 e. The second kappa shape index (κ2) is 5.64. The molecule has 1 aliphatic carbocycles. The molecule has 0 aromatic carbocycles. The van der Waals surface area contributed by atoms with Crippen molar-refractivity contribution in [3.8, 4) is 0 Å². The largest absolute Gasteiger partial charge is 0.261 e. The van der Waals surface area contributed by atoms with Crippen molar-refractivity contribution in [2.24, 2.45) is 5.92 Å². The minimum absolute atomic E-state index is 0.696. The van der Waals surface area contributed by atoms with Crippen molar-refractivity contribution in [3.05, 3.63) is 30.1 Å². The highest BCUT2D eigenvalue weighted by Gasteiger charge is 2.21. The molecule has 0 saturated heterocycles. The fourth-order valence-electron chi connectivity index (χ4n) is 2.36. The standard InChI is InChI=1S/C13H18BrN/c14-13-8-3-1-2-6-11(13)10-12-7-4-5-9-15-12/h4-5,7,9,11,13H,1-3,6,8,10H2. The summed E-state index contributed by atoms with van der Waals surface area (Å²) in [5, 5.41) is 0. The highest BCUT2D eigenvalue weighted by atomic mass is 79.9. The van der Waals surface area contributed by atoms with Crippen LogP contribution in [0.5, 0.6) is 0 Å². The van der Waals surface area contributed by atoms with Crippen LogP contribution in [-0.4, -0.2) is 9.81 Å². The van der Waals surface area contributed by atoms with E-state index >= 15 is 0 Å². The summed E-state index contributed by atoms with van der Waals surface area (Å²) >= 11 is 3.83. The molecule has 1 nitrogen and oxygen atoms in total. The van der Waals surface area contributed by atoms with Gasteiger partial charge < -0.3 is 0 Å². The molecule has 0 radical (unpaired) electrons. The number of halogens is 1. The van der Waals surface area contributed by atoms with Crippen LogP contribution in [0.1, 0.15) is 37.8 Å². The highest BCUT2D eigenvalue weighted by molar-refractivity contribution is 9.09. The Bertz CT molecular complexity index is 286. The molecule has 82 valence electrons. The van der Waals surface area contributed by atoms with Gasteiger partial charge in [0, 0.05) is 16.7 Å². The monoisotopic (exact) mass is 267 g/mol. The van der Waals surface area contributed by atoms with E-state index in [9.17, 15) is 0 Å². The summed E-state index contributed by atoms with van der Waals surface area (Å²) in [6, 6.07) is 6.22. The van der Waals surface area contributed by atoms with Crippen molar-refractivity contribution in [3.63, 3.8) is 0 Å². The SMILES string of the molecule is BrC1CCCCCC1Cc1ccccn1. The normalized spacial score (nSPS) is 27.3. The molecule has 1 aliphatic rings. The maximum absolute atomic E-state index is 4.42. The van der Waals surface area contributed by atoms with Crippen molar-refractivity contribution >= 4 is 15.9 Å². The van der Waals surface area contributed by atoms with E-state index in [1.165, 1.54) is 37.8 Å². The van der Waals surface area contributed by atoms with Crippen LogP contribution in [0, 0.1) is 5.92 Å². The van der Waals surface area contributed by atoms with Gasteiger partial charge in [-0.1, -0.05) is 41.3 Å². The Labute approximate surface area is 100 Å². The van der Waals surface area contributed by atoms with E-state index in [-0.39, 0.29) is 0 Å². The molecule has 1 fully saturated rings. The van der Waals surface area contributed by atoms with Crippen molar-refractivity contribution < 1.29 is 0 Å². The quantitative estimate of drug-likeness (QED) is 0.584. The van der Waals surface area contributed by atoms with Gasteiger partial charge in [0.2, 0.25) is 0 Å². The van der Waals surface area contributed by atoms with Crippen LogP contribution in [0.3, 0.4) is 0 Å². The lowest BCUT2D eigenvalue weighted by Crippen LogP contribution is -2.16. The first kappa shape index (κ1) is 11.1. The summed E-state index contributed by atoms with van der Waals surface area (Å²) < 4.78 is 0. The molecular formula is C13H18BrN. The van der Waals surface area contributed by atoms with Crippen LogP contribution in [0.4, 0.5) is 0 Å². The molecule has 0 bridgehead atoms. The van der Waals surface area contributed by atoms with Crippen LogP contribution in [-0.2, 0) is 6.42 Å². The predicted octanol–water partition coefficient (Wildman–Crippen LogP) is 3.97. The lowest BCUT2D eigenvalue weighted by Gasteiger charge is -2.19. The van der Waals surface area contributed by atoms with E-state index in [2.05, 4.69) is 33.0 Å². The first-order valence-electron chi connectivity index (χ1n) is 5.90. The summed E-state index contributed by atoms with van der Waals surface area (Å²) in [7, 11) is 0. The number of pyridine rings is 1. The molecule has 2 atom stereocenters. The smallest absolute Gasteiger partial charge is 0.0406 e. The van der Waals surface area contributed by atoms with Crippen molar-refractivity contribution in [2.45, 2.75) is 43.4 Å². The zero-order chi connectivity index (χ0) is 10.5. The molecule has 1 saturated carbocycles. The molecule has 0 amide bonds. The van der Waals surface area contributed by atoms with Gasteiger partial charge in [0.15, 0.2) is 0 Å². The first-order chi connectivity index (χ1) is 7.36. The Morgan fingerprint density at radius 3 is 2.87 bits per heavy atom. The number of aromatic nitrogens is 1. The third-order valence-electron chi connectivity index (χ3n) is 3.26. The second-order valence-electron chi connectivity index (χ2n) is 4.44. The average Bonchev–Trinajstić information content (AvgIpc) is 2.46. The maximum atomic E-state index is 4.42. The van der Waals surface area contributed by atoms with Gasteiger partial charge in [-0.25, -0.2) is 0 Å². The lowest BCUT2D eigenvalue weighted by atomic mass is 9.94. The molecule has 2 heteroatoms. The second-order valence-corrected chi connectivity index (χ2v) is 5.62. The van der Waals surface area contributed by atoms with Gasteiger partial charge in [0.1, 0.15) is 0 Å². The zero-order valence-corrected chi connectivity index (χ0v) is 10.6. The van der Waals surface area contributed by atoms with Gasteiger partial charge in [-0.05, 0) is 37.3 Å². The van der Waals surface area contributed by atoms with Crippen LogP contribution in [0.15, 0.2) is 24.4 Å². The van der Waals surface area contributed by atoms with Crippen LogP contribution < -0.4 is 0 Å². The molecular weight excluding hydrogens is 250 g/mol. The number of rotatable bonds is 2. The van der Waals surface area contributed by atoms with E-state index in [0.29, 0.717) is 4.83 Å². The number of hydrogen-bond donors (Lipinski definition) is 0. The number of hydrogen-bond acceptors (Lipinski definition) is 1. The molecule has 1 heterocycles. The summed E-state index contributed by atoms with van der Waals surface area (Å²) in [6.07, 6.45) is 9.89. The molecule has 2 unspecified atom stereocenters. The lowest BCUT2D eigenvalue weighted by molar-refractivity contribution is 0.471. The third kappa shape index (κ3) is 3.30. The molecule has 1 aromatic rings. The van der Waals surface area contributed by atoms with Gasteiger partial charge in [-0.15, -0.1) is 0 Å². The summed E-state index contributed by atoms with van der Waals surface area (Å²) in [5.41, 5.74) is 1.24. The van der Waals surface area contributed by atoms with E-state index in [0.717, 1.165) is 12.3 Å². The van der Waals surface area contributed by atoms with Crippen LogP contribution in [0.25, 0.3) is 0 Å². The van der Waals surface area contributed by atoms with E-state index in [1.54, 1.807) is 0 Å². The van der Waals surface area contributed by atoms with Gasteiger partial charge in [0.25, 0.3) is 0 Å². The fourth-order valence-corrected chi connectivity index (χ4v) is 3.13. The first-order valence-corrected chi connectivity index (χ1v) is 6.82. The molecule has 2 rings (SSSR count). The van der Waals surface area contributed by atoms with Crippen molar-refractivity contribution in [2.75, 3.05) is 0 Å². The van der Waals surface area contributed by atoms with Gasteiger partial charge in [-0.2, -0.15) is 0 Å². The summed E-state index contributed by atoms with van der Waals surface area (Å²) in [5.74, 6) is 0.780. The summed E-state index contributed by atoms with van der Waals surface area (Å²) in [4.78, 5) is 5.11. The van der Waals surface area contributed by atoms with Crippen molar-refractivity contribution in [1.29, 1.82) is 0 Å². The number of alkyl halides is 1. The van der Waals surface area contributed by atoms with Gasteiger partial charge in [-0.3, -0.25) is 4.98 Å². The minimum atomic E-state index is 0.696. The Kier molecular flexibility index (Phi) is 4.18. The Balaban J connectivity index is 1.97. The zero-order valence-electron chi connectivity index (χ0n) is 9.03. The summed E-state index contributed by atoms with van der Waals surface area (Å²) in [6.45, 7) is 0. The van der Waals surface area contributed by atoms with Gasteiger partial charge >= 0.3 is 0 Å². The molecule has 15 heavy (non-hydrogen) atoms. The minimum Gasteiger partial charge on any atom is -0.261 e. The van der Waals surface area contributed by atoms with E-state index in [4.69, 9.17) is 0 Å². The fraction of sp³-hybridized carbons (Fsp3) is 0.615. The average molecular weight is 268 g/mol. The third-order valence-corrected chi connectivity index (χ3v) is 4.47. The predicted molar refractivity (Wildman–Crippen MR) is 67.2 cm³/mol. The van der Waals surface area contributed by atoms with Crippen molar-refractivity contribution in [1.82, 2.24) is 4.98 Å². The highest BCUT2D eigenvalue weighted by Crippen LogP contribution is 2.30. The molecule has 1 aromatic heterocycles. The topological polar surface area (TPSA) is 12.9 Å². The Morgan fingerprint density at radius 1 is 1.20 bits per heavy atom. The molecule has 0 N–H and O–H groups in total. The van der Waals surface area contributed by atoms with Crippen LogP contribution in [0.2, 0.25) is 0 Å². The van der Waals surface area contributed by atoms with Gasteiger partial charge in [0.05, 0.1) is 0 Å². The Morgan fingerprint density at radius 2 is 2.07 bits per heavy atom.